The van der Waals surface area contributed by atoms with E-state index in [0.29, 0.717) is 10.6 Å². The molecule has 172 valence electrons. The third-order valence-electron chi connectivity index (χ3n) is 5.02. The maximum absolute atomic E-state index is 13.0. The predicted molar refractivity (Wildman–Crippen MR) is 118 cm³/mol. The summed E-state index contributed by atoms with van der Waals surface area (Å²) in [6.07, 6.45) is 2.15. The fourth-order valence-corrected chi connectivity index (χ4v) is 4.90. The number of aromatic nitrogens is 3. The van der Waals surface area contributed by atoms with Gasteiger partial charge < -0.3 is 10.1 Å². The fraction of sp³-hybridized carbons (Fsp3) is 0.238. The molecule has 0 bridgehead atoms. The van der Waals surface area contributed by atoms with Crippen LogP contribution in [0.25, 0.3) is 0 Å². The molecule has 1 aromatic heterocycles. The molecule has 1 aliphatic rings. The van der Waals surface area contributed by atoms with Gasteiger partial charge in [0, 0.05) is 18.1 Å². The number of nitrogens with one attached hydrogen (secondary N) is 1. The monoisotopic (exact) mass is 489 g/mol. The molecular formula is C21H20ClN5O5S. The number of piperazine rings is 1. The molecule has 1 N–H and O–H groups in total. The second kappa shape index (κ2) is 9.69. The van der Waals surface area contributed by atoms with E-state index in [1.165, 1.54) is 41.6 Å². The molecule has 1 atom stereocenters. The van der Waals surface area contributed by atoms with E-state index in [1.54, 1.807) is 24.3 Å². The van der Waals surface area contributed by atoms with Crippen molar-refractivity contribution >= 4 is 33.5 Å². The quantitative estimate of drug-likeness (QED) is 0.500. The third kappa shape index (κ3) is 5.38. The van der Waals surface area contributed by atoms with Crippen LogP contribution in [0.15, 0.2) is 66.1 Å². The van der Waals surface area contributed by atoms with Crippen LogP contribution >= 0.6 is 11.6 Å². The number of sulfonamides is 1. The number of ether oxygens (including phenoxy) is 1. The predicted octanol–water partition coefficient (Wildman–Crippen LogP) is 1.65. The van der Waals surface area contributed by atoms with Crippen molar-refractivity contribution in [2.24, 2.45) is 0 Å². The highest BCUT2D eigenvalue weighted by atomic mass is 35.5. The Bertz CT molecular complexity index is 1250. The average Bonchev–Trinajstić information content (AvgIpc) is 3.32. The summed E-state index contributed by atoms with van der Waals surface area (Å²) < 4.78 is 34.2. The fourth-order valence-electron chi connectivity index (χ4n) is 3.34. The van der Waals surface area contributed by atoms with Gasteiger partial charge in [0.15, 0.2) is 0 Å². The number of amides is 1. The lowest BCUT2D eigenvalue weighted by Gasteiger charge is -2.26. The number of benzene rings is 2. The van der Waals surface area contributed by atoms with Crippen LogP contribution in [0.3, 0.4) is 0 Å². The lowest BCUT2D eigenvalue weighted by molar-refractivity contribution is -0.122. The van der Waals surface area contributed by atoms with E-state index in [1.807, 2.05) is 0 Å². The van der Waals surface area contributed by atoms with Gasteiger partial charge in [0.05, 0.1) is 23.5 Å². The number of rotatable bonds is 7. The second-order valence-electron chi connectivity index (χ2n) is 7.28. The first-order chi connectivity index (χ1) is 15.8. The van der Waals surface area contributed by atoms with Gasteiger partial charge in [-0.2, -0.15) is 9.40 Å². The second-order valence-corrected chi connectivity index (χ2v) is 9.65. The maximum atomic E-state index is 13.0. The number of hydrogen-bond acceptors (Lipinski definition) is 7. The molecular weight excluding hydrogens is 470 g/mol. The molecule has 10 nitrogen and oxygen atoms in total. The van der Waals surface area contributed by atoms with Crippen molar-refractivity contribution in [1.29, 1.82) is 0 Å². The lowest BCUT2D eigenvalue weighted by Crippen LogP contribution is -2.49. The Hall–Kier alpha value is -3.28. The molecule has 0 saturated carbocycles. The minimum atomic E-state index is -3.95. The first-order valence-corrected chi connectivity index (χ1v) is 11.8. The Morgan fingerprint density at radius 2 is 2.00 bits per heavy atom. The molecule has 1 amide bonds. The van der Waals surface area contributed by atoms with Crippen LogP contribution in [0, 0.1) is 0 Å². The van der Waals surface area contributed by atoms with Gasteiger partial charge >= 0.3 is 5.97 Å². The Morgan fingerprint density at radius 3 is 2.70 bits per heavy atom. The van der Waals surface area contributed by atoms with Crippen LogP contribution in [0.1, 0.15) is 22.0 Å². The van der Waals surface area contributed by atoms with Crippen LogP contribution < -0.4 is 5.32 Å². The number of halogens is 1. The van der Waals surface area contributed by atoms with Gasteiger partial charge in [-0.25, -0.2) is 22.9 Å². The number of nitrogens with zero attached hydrogens (tertiary/aromatic N) is 4. The number of carbonyl (C=O) groups excluding carboxylic acids is 2. The number of hydrogen-bond donors (Lipinski definition) is 1. The van der Waals surface area contributed by atoms with Crippen molar-refractivity contribution in [2.45, 2.75) is 17.5 Å². The third-order valence-corrected chi connectivity index (χ3v) is 7.11. The van der Waals surface area contributed by atoms with Crippen molar-refractivity contribution in [3.8, 4) is 0 Å². The van der Waals surface area contributed by atoms with E-state index >= 15 is 0 Å². The van der Waals surface area contributed by atoms with Crippen molar-refractivity contribution in [1.82, 2.24) is 24.4 Å². The summed E-state index contributed by atoms with van der Waals surface area (Å²) in [6, 6.07) is 12.4. The molecule has 1 fully saturated rings. The highest BCUT2D eigenvalue weighted by Gasteiger charge is 2.30. The largest absolute Gasteiger partial charge is 0.452 e. The molecule has 0 aliphatic carbocycles. The normalized spacial score (nSPS) is 15.6. The van der Waals surface area contributed by atoms with Crippen LogP contribution in [0.5, 0.6) is 0 Å². The summed E-state index contributed by atoms with van der Waals surface area (Å²) >= 11 is 5.97. The number of esters is 1. The van der Waals surface area contributed by atoms with E-state index in [2.05, 4.69) is 15.4 Å². The minimum absolute atomic E-state index is 0.0649. The highest BCUT2D eigenvalue weighted by molar-refractivity contribution is 7.89. The van der Waals surface area contributed by atoms with Crippen LogP contribution in [-0.4, -0.2) is 59.0 Å². The molecule has 0 radical (unpaired) electrons. The average molecular weight is 490 g/mol. The van der Waals surface area contributed by atoms with E-state index < -0.39 is 22.1 Å². The molecule has 33 heavy (non-hydrogen) atoms. The first-order valence-electron chi connectivity index (χ1n) is 9.99. The topological polar surface area (TPSA) is 123 Å². The molecule has 3 aromatic rings. The van der Waals surface area contributed by atoms with Gasteiger partial charge in [-0.3, -0.25) is 4.79 Å². The Morgan fingerprint density at radius 1 is 1.21 bits per heavy atom. The SMILES string of the molecule is O=C1CN(S(=O)(=O)c2cccc(C(=O)OC(Cn3cncn3)c3ccc(Cl)cc3)c2)CCN1. The molecule has 1 saturated heterocycles. The molecule has 1 aliphatic heterocycles. The van der Waals surface area contributed by atoms with Crippen molar-refractivity contribution in [3.05, 3.63) is 77.3 Å². The Kier molecular flexibility index (Phi) is 6.72. The van der Waals surface area contributed by atoms with E-state index in [-0.39, 0.29) is 42.5 Å². The molecule has 0 spiro atoms. The van der Waals surface area contributed by atoms with Gasteiger partial charge in [-0.1, -0.05) is 29.8 Å². The van der Waals surface area contributed by atoms with E-state index in [4.69, 9.17) is 16.3 Å². The lowest BCUT2D eigenvalue weighted by atomic mass is 10.1. The molecule has 4 rings (SSSR count). The van der Waals surface area contributed by atoms with E-state index in [9.17, 15) is 18.0 Å². The summed E-state index contributed by atoms with van der Waals surface area (Å²) in [5.41, 5.74) is 0.751. The van der Waals surface area contributed by atoms with E-state index in [0.717, 1.165) is 4.31 Å². The Balaban J connectivity index is 1.57. The summed E-state index contributed by atoms with van der Waals surface area (Å²) in [5, 5.41) is 7.17. The smallest absolute Gasteiger partial charge is 0.338 e. The van der Waals surface area contributed by atoms with Gasteiger partial charge in [-0.05, 0) is 35.9 Å². The van der Waals surface area contributed by atoms with Crippen LogP contribution in [0.2, 0.25) is 5.02 Å². The molecule has 2 aromatic carbocycles. The van der Waals surface area contributed by atoms with Crippen molar-refractivity contribution in [3.63, 3.8) is 0 Å². The van der Waals surface area contributed by atoms with Gasteiger partial charge in [-0.15, -0.1) is 0 Å². The van der Waals surface area contributed by atoms with Crippen molar-refractivity contribution in [2.75, 3.05) is 19.6 Å². The van der Waals surface area contributed by atoms with Gasteiger partial charge in [0.25, 0.3) is 0 Å². The molecule has 12 heteroatoms. The molecule has 2 heterocycles. The summed E-state index contributed by atoms with van der Waals surface area (Å²) in [6.45, 7) is 0.311. The maximum Gasteiger partial charge on any atom is 0.338 e. The van der Waals surface area contributed by atoms with Gasteiger partial charge in [0.1, 0.15) is 18.8 Å². The zero-order chi connectivity index (χ0) is 23.4. The first kappa shape index (κ1) is 22.9. The Labute approximate surface area is 195 Å². The van der Waals surface area contributed by atoms with Crippen molar-refractivity contribution < 1.29 is 22.7 Å². The number of carbonyl (C=O) groups is 2. The van der Waals surface area contributed by atoms with Gasteiger partial charge in [0.2, 0.25) is 15.9 Å². The van der Waals surface area contributed by atoms with Crippen LogP contribution in [0.4, 0.5) is 0 Å². The highest BCUT2D eigenvalue weighted by Crippen LogP contribution is 2.24. The zero-order valence-electron chi connectivity index (χ0n) is 17.3. The summed E-state index contributed by atoms with van der Waals surface area (Å²) in [5.74, 6) is -1.08. The molecule has 1 unspecified atom stereocenters. The van der Waals surface area contributed by atoms with Crippen LogP contribution in [-0.2, 0) is 26.1 Å². The standard InChI is InChI=1S/C21H20ClN5O5S/c22-17-6-4-15(5-7-17)19(11-26-14-23-13-25-26)32-21(29)16-2-1-3-18(10-16)33(30,31)27-9-8-24-20(28)12-27/h1-7,10,13-14,19H,8-9,11-12H2,(H,24,28). The zero-order valence-corrected chi connectivity index (χ0v) is 18.9. The summed E-state index contributed by atoms with van der Waals surface area (Å²) in [7, 11) is -3.95. The minimum Gasteiger partial charge on any atom is -0.452 e. The summed E-state index contributed by atoms with van der Waals surface area (Å²) in [4.78, 5) is 28.4.